The van der Waals surface area contributed by atoms with Crippen molar-refractivity contribution in [2.45, 2.75) is 18.2 Å². The van der Waals surface area contributed by atoms with E-state index in [2.05, 4.69) is 5.32 Å². The molecule has 3 rings (SSSR count). The summed E-state index contributed by atoms with van der Waals surface area (Å²) in [6, 6.07) is 4.93. The number of nitrogens with zero attached hydrogens (tertiary/aromatic N) is 2. The van der Waals surface area contributed by atoms with Gasteiger partial charge in [0.15, 0.2) is 0 Å². The van der Waals surface area contributed by atoms with Crippen LogP contribution in [0.3, 0.4) is 0 Å². The number of nitrogens with one attached hydrogen (secondary N) is 1. The number of aromatic nitrogens is 1. The number of fused-ring (bicyclic) bond motifs is 1. The van der Waals surface area contributed by atoms with Gasteiger partial charge in [0, 0.05) is 43.7 Å². The lowest BCUT2D eigenvalue weighted by Crippen LogP contribution is -2.34. The number of halogens is 1. The third-order valence-corrected chi connectivity index (χ3v) is 6.22. The van der Waals surface area contributed by atoms with Gasteiger partial charge in [0.1, 0.15) is 0 Å². The Labute approximate surface area is 147 Å². The molecular weight excluding hydrogens is 350 g/mol. The predicted molar refractivity (Wildman–Crippen MR) is 97.4 cm³/mol. The van der Waals surface area contributed by atoms with E-state index in [1.165, 1.54) is 8.87 Å². The minimum Gasteiger partial charge on any atom is -0.318 e. The summed E-state index contributed by atoms with van der Waals surface area (Å²) in [4.78, 5) is 12.6. The van der Waals surface area contributed by atoms with Crippen molar-refractivity contribution < 1.29 is 8.42 Å². The van der Waals surface area contributed by atoms with Crippen molar-refractivity contribution in [2.24, 2.45) is 7.05 Å². The van der Waals surface area contributed by atoms with E-state index in [1.54, 1.807) is 31.4 Å². The van der Waals surface area contributed by atoms with Crippen LogP contribution in [-0.4, -0.2) is 43.5 Å². The van der Waals surface area contributed by atoms with Gasteiger partial charge in [-0.05, 0) is 37.6 Å². The van der Waals surface area contributed by atoms with E-state index in [-0.39, 0.29) is 22.9 Å². The molecule has 0 bridgehead atoms. The maximum absolute atomic E-state index is 13.1. The van der Waals surface area contributed by atoms with E-state index in [9.17, 15) is 13.2 Å². The average Bonchev–Trinajstić information content (AvgIpc) is 2.82. The molecule has 2 aromatic rings. The Morgan fingerprint density at radius 2 is 1.92 bits per heavy atom. The fourth-order valence-corrected chi connectivity index (χ4v) is 4.89. The van der Waals surface area contributed by atoms with Crippen LogP contribution in [0.15, 0.2) is 34.1 Å². The molecule has 6 nitrogen and oxygen atoms in total. The summed E-state index contributed by atoms with van der Waals surface area (Å²) in [5, 5.41) is 4.19. The van der Waals surface area contributed by atoms with Crippen LogP contribution < -0.4 is 10.9 Å². The molecule has 132 valence electrons. The van der Waals surface area contributed by atoms with Crippen LogP contribution in [0.5, 0.6) is 0 Å². The Hall–Kier alpha value is -1.41. The summed E-state index contributed by atoms with van der Waals surface area (Å²) in [6.07, 6.45) is 2.47. The second kappa shape index (κ2) is 7.23. The zero-order valence-corrected chi connectivity index (χ0v) is 15.4. The Kier molecular flexibility index (Phi) is 5.70. The Balaban J connectivity index is 0.00000208. The first-order valence-electron chi connectivity index (χ1n) is 7.73. The van der Waals surface area contributed by atoms with Crippen LogP contribution in [0.1, 0.15) is 12.0 Å². The van der Waals surface area contributed by atoms with Crippen molar-refractivity contribution in [2.75, 3.05) is 26.2 Å². The minimum atomic E-state index is -3.62. The molecule has 2 heterocycles. The zero-order valence-electron chi connectivity index (χ0n) is 13.8. The monoisotopic (exact) mass is 371 g/mol. The molecule has 8 heteroatoms. The van der Waals surface area contributed by atoms with Crippen molar-refractivity contribution in [1.82, 2.24) is 14.2 Å². The fourth-order valence-electron chi connectivity index (χ4n) is 3.14. The lowest BCUT2D eigenvalue weighted by atomic mass is 10.1. The SMILES string of the molecule is Cc1cn(C)c(=O)c2cccc(S(=O)(=O)N3CCCNCC3)c12.Cl. The van der Waals surface area contributed by atoms with Crippen LogP contribution >= 0.6 is 12.4 Å². The molecule has 1 N–H and O–H groups in total. The number of rotatable bonds is 2. The van der Waals surface area contributed by atoms with Gasteiger partial charge in [-0.15, -0.1) is 12.4 Å². The molecule has 0 aliphatic carbocycles. The van der Waals surface area contributed by atoms with E-state index in [0.717, 1.165) is 18.5 Å². The van der Waals surface area contributed by atoms with Crippen LogP contribution in [0.2, 0.25) is 0 Å². The van der Waals surface area contributed by atoms with Gasteiger partial charge in [0.25, 0.3) is 5.56 Å². The molecule has 1 aliphatic heterocycles. The highest BCUT2D eigenvalue weighted by atomic mass is 35.5. The van der Waals surface area contributed by atoms with Crippen molar-refractivity contribution in [3.8, 4) is 0 Å². The van der Waals surface area contributed by atoms with E-state index in [4.69, 9.17) is 0 Å². The third kappa shape index (κ3) is 3.21. The number of benzene rings is 1. The van der Waals surface area contributed by atoms with Crippen molar-refractivity contribution >= 4 is 33.2 Å². The number of sulfonamides is 1. The summed E-state index contributed by atoms with van der Waals surface area (Å²) < 4.78 is 29.2. The van der Waals surface area contributed by atoms with E-state index >= 15 is 0 Å². The molecule has 24 heavy (non-hydrogen) atoms. The van der Waals surface area contributed by atoms with Gasteiger partial charge in [-0.3, -0.25) is 4.79 Å². The fraction of sp³-hybridized carbons (Fsp3) is 0.438. The van der Waals surface area contributed by atoms with Crippen LogP contribution in [0.4, 0.5) is 0 Å². The molecule has 0 saturated carbocycles. The topological polar surface area (TPSA) is 71.4 Å². The lowest BCUT2D eigenvalue weighted by Gasteiger charge is -2.21. The number of hydrogen-bond donors (Lipinski definition) is 1. The first-order chi connectivity index (χ1) is 10.9. The molecule has 0 radical (unpaired) electrons. The van der Waals surface area contributed by atoms with Crippen molar-refractivity contribution in [1.29, 1.82) is 0 Å². The Bertz CT molecular complexity index is 901. The molecular formula is C16H22ClN3O3S. The third-order valence-electron chi connectivity index (χ3n) is 4.28. The van der Waals surface area contributed by atoms with Gasteiger partial charge < -0.3 is 9.88 Å². The second-order valence-corrected chi connectivity index (χ2v) is 7.82. The quantitative estimate of drug-likeness (QED) is 0.862. The standard InChI is InChI=1S/C16H21N3O3S.ClH/c1-12-11-18(2)16(20)13-5-3-6-14(15(12)13)23(21,22)19-9-4-7-17-8-10-19;/h3,5-6,11,17H,4,7-10H2,1-2H3;1H. The number of hydrogen-bond acceptors (Lipinski definition) is 4. The number of pyridine rings is 1. The Morgan fingerprint density at radius 1 is 1.17 bits per heavy atom. The van der Waals surface area contributed by atoms with Gasteiger partial charge >= 0.3 is 0 Å². The van der Waals surface area contributed by atoms with Crippen molar-refractivity contribution in [3.05, 3.63) is 40.3 Å². The molecule has 0 spiro atoms. The normalized spacial score (nSPS) is 16.6. The smallest absolute Gasteiger partial charge is 0.258 e. The highest BCUT2D eigenvalue weighted by Gasteiger charge is 2.27. The van der Waals surface area contributed by atoms with Crippen LogP contribution in [-0.2, 0) is 17.1 Å². The highest BCUT2D eigenvalue weighted by molar-refractivity contribution is 7.89. The molecule has 0 amide bonds. The average molecular weight is 372 g/mol. The molecule has 1 fully saturated rings. The molecule has 0 unspecified atom stereocenters. The van der Waals surface area contributed by atoms with Gasteiger partial charge in [0.2, 0.25) is 10.0 Å². The van der Waals surface area contributed by atoms with Gasteiger partial charge in [-0.1, -0.05) is 6.07 Å². The first kappa shape index (κ1) is 18.9. The summed E-state index contributed by atoms with van der Waals surface area (Å²) in [6.45, 7) is 4.24. The summed E-state index contributed by atoms with van der Waals surface area (Å²) in [7, 11) is -1.94. The lowest BCUT2D eigenvalue weighted by molar-refractivity contribution is 0.432. The van der Waals surface area contributed by atoms with Crippen LogP contribution in [0, 0.1) is 6.92 Å². The second-order valence-electron chi connectivity index (χ2n) is 5.91. The van der Waals surface area contributed by atoms with E-state index < -0.39 is 10.0 Å². The minimum absolute atomic E-state index is 0. The summed E-state index contributed by atoms with van der Waals surface area (Å²) in [5.41, 5.74) is 0.606. The summed E-state index contributed by atoms with van der Waals surface area (Å²) in [5.74, 6) is 0. The Morgan fingerprint density at radius 3 is 2.67 bits per heavy atom. The molecule has 1 saturated heterocycles. The maximum atomic E-state index is 13.1. The predicted octanol–water partition coefficient (Wildman–Crippen LogP) is 1.25. The van der Waals surface area contributed by atoms with Gasteiger partial charge in [-0.2, -0.15) is 4.31 Å². The number of aryl methyl sites for hydroxylation is 2. The first-order valence-corrected chi connectivity index (χ1v) is 9.17. The summed E-state index contributed by atoms with van der Waals surface area (Å²) >= 11 is 0. The molecule has 0 atom stereocenters. The maximum Gasteiger partial charge on any atom is 0.258 e. The van der Waals surface area contributed by atoms with Crippen LogP contribution in [0.25, 0.3) is 10.8 Å². The molecule has 1 aromatic heterocycles. The molecule has 1 aromatic carbocycles. The highest BCUT2D eigenvalue weighted by Crippen LogP contribution is 2.27. The van der Waals surface area contributed by atoms with Gasteiger partial charge in [-0.25, -0.2) is 8.42 Å². The van der Waals surface area contributed by atoms with E-state index in [1.807, 2.05) is 6.92 Å². The van der Waals surface area contributed by atoms with Crippen molar-refractivity contribution in [3.63, 3.8) is 0 Å². The van der Waals surface area contributed by atoms with Gasteiger partial charge in [0.05, 0.1) is 4.90 Å². The van der Waals surface area contributed by atoms with E-state index in [0.29, 0.717) is 30.4 Å². The largest absolute Gasteiger partial charge is 0.318 e. The molecule has 1 aliphatic rings. The zero-order chi connectivity index (χ0) is 16.6.